The maximum absolute atomic E-state index is 14.2. The summed E-state index contributed by atoms with van der Waals surface area (Å²) < 4.78 is 33.5. The third-order valence-electron chi connectivity index (χ3n) is 6.73. The predicted molar refractivity (Wildman–Crippen MR) is 143 cm³/mol. The van der Waals surface area contributed by atoms with Gasteiger partial charge < -0.3 is 15.0 Å². The van der Waals surface area contributed by atoms with Gasteiger partial charge in [-0.3, -0.25) is 9.59 Å². The van der Waals surface area contributed by atoms with E-state index in [2.05, 4.69) is 5.32 Å². The number of nitrogens with zero attached hydrogens (tertiary/aromatic N) is 1. The molecule has 200 valence electrons. The highest BCUT2D eigenvalue weighted by atomic mass is 19.1. The van der Waals surface area contributed by atoms with Gasteiger partial charge in [-0.05, 0) is 77.4 Å². The van der Waals surface area contributed by atoms with Crippen LogP contribution < -0.4 is 10.1 Å². The van der Waals surface area contributed by atoms with Crippen LogP contribution in [-0.2, 0) is 22.6 Å². The van der Waals surface area contributed by atoms with Crippen molar-refractivity contribution in [3.05, 3.63) is 101 Å². The quantitative estimate of drug-likeness (QED) is 0.379. The van der Waals surface area contributed by atoms with Crippen molar-refractivity contribution in [2.45, 2.75) is 58.7 Å². The Morgan fingerprint density at radius 2 is 1.79 bits per heavy atom. The fourth-order valence-corrected chi connectivity index (χ4v) is 4.83. The van der Waals surface area contributed by atoms with E-state index in [1.165, 1.54) is 24.3 Å². The smallest absolute Gasteiger partial charge is 0.261 e. The van der Waals surface area contributed by atoms with Crippen LogP contribution in [0.5, 0.6) is 5.75 Å². The number of amides is 2. The maximum Gasteiger partial charge on any atom is 0.261 e. The minimum atomic E-state index is -0.733. The van der Waals surface area contributed by atoms with E-state index in [0.29, 0.717) is 37.1 Å². The molecule has 1 aliphatic heterocycles. The largest absolute Gasteiger partial charge is 0.481 e. The van der Waals surface area contributed by atoms with Gasteiger partial charge in [0.05, 0.1) is 6.04 Å². The molecule has 2 amide bonds. The van der Waals surface area contributed by atoms with Crippen LogP contribution in [-0.4, -0.2) is 29.4 Å². The summed E-state index contributed by atoms with van der Waals surface area (Å²) in [6.07, 6.45) is 0.798. The highest BCUT2D eigenvalue weighted by Crippen LogP contribution is 2.38. The Bertz CT molecular complexity index is 1280. The molecule has 0 saturated heterocycles. The van der Waals surface area contributed by atoms with E-state index in [4.69, 9.17) is 4.74 Å². The van der Waals surface area contributed by atoms with Crippen LogP contribution in [0.15, 0.2) is 66.7 Å². The molecule has 3 aromatic carbocycles. The molecule has 0 saturated carbocycles. The van der Waals surface area contributed by atoms with E-state index in [0.717, 1.165) is 16.7 Å². The summed E-state index contributed by atoms with van der Waals surface area (Å²) in [4.78, 5) is 27.9. The molecule has 5 nitrogen and oxygen atoms in total. The highest BCUT2D eigenvalue weighted by Gasteiger charge is 2.33. The first-order chi connectivity index (χ1) is 18.2. The van der Waals surface area contributed by atoms with Crippen LogP contribution in [0.4, 0.5) is 8.78 Å². The van der Waals surface area contributed by atoms with Gasteiger partial charge in [0.2, 0.25) is 5.91 Å². The standard InChI is InChI=1S/C31H34F2N2O3/c1-4-28(31(37)34-19-21-8-11-24(32)12-9-21)38-26-13-10-22-14-15-35(29(36)16-20(2)3)30(27(22)18-26)23-6-5-7-25(33)17-23/h5-13,17-18,20,28,30H,4,14-16,19H2,1-3H3,(H,34,37)/t28-,30-/m1/s1. The Hall–Kier alpha value is -3.74. The Morgan fingerprint density at radius 1 is 1.03 bits per heavy atom. The second-order valence-electron chi connectivity index (χ2n) is 10.1. The third-order valence-corrected chi connectivity index (χ3v) is 6.73. The summed E-state index contributed by atoms with van der Waals surface area (Å²) in [6, 6.07) is 17.5. The summed E-state index contributed by atoms with van der Waals surface area (Å²) in [7, 11) is 0. The number of hydrogen-bond donors (Lipinski definition) is 1. The maximum atomic E-state index is 14.2. The lowest BCUT2D eigenvalue weighted by atomic mass is 9.87. The molecule has 0 aromatic heterocycles. The lowest BCUT2D eigenvalue weighted by Gasteiger charge is -2.38. The number of halogens is 2. The second-order valence-corrected chi connectivity index (χ2v) is 10.1. The normalized spacial score (nSPS) is 15.6. The van der Waals surface area contributed by atoms with Gasteiger partial charge >= 0.3 is 0 Å². The molecular weight excluding hydrogens is 486 g/mol. The monoisotopic (exact) mass is 520 g/mol. The van der Waals surface area contributed by atoms with Crippen molar-refractivity contribution in [1.82, 2.24) is 10.2 Å². The van der Waals surface area contributed by atoms with Crippen molar-refractivity contribution in [1.29, 1.82) is 0 Å². The summed E-state index contributed by atoms with van der Waals surface area (Å²) in [6.45, 7) is 6.68. The molecule has 1 N–H and O–H groups in total. The topological polar surface area (TPSA) is 58.6 Å². The fraction of sp³-hybridized carbons (Fsp3) is 0.355. The average Bonchev–Trinajstić information content (AvgIpc) is 2.90. The summed E-state index contributed by atoms with van der Waals surface area (Å²) in [5.41, 5.74) is 3.42. The molecule has 0 radical (unpaired) electrons. The predicted octanol–water partition coefficient (Wildman–Crippen LogP) is 5.96. The van der Waals surface area contributed by atoms with Gasteiger partial charge in [0.1, 0.15) is 17.4 Å². The van der Waals surface area contributed by atoms with Crippen LogP contribution >= 0.6 is 0 Å². The Balaban J connectivity index is 1.58. The summed E-state index contributed by atoms with van der Waals surface area (Å²) >= 11 is 0. The minimum Gasteiger partial charge on any atom is -0.481 e. The number of rotatable bonds is 9. The average molecular weight is 521 g/mol. The first-order valence-corrected chi connectivity index (χ1v) is 13.1. The van der Waals surface area contributed by atoms with Gasteiger partial charge in [-0.1, -0.05) is 51.1 Å². The zero-order valence-corrected chi connectivity index (χ0v) is 22.0. The lowest BCUT2D eigenvalue weighted by Crippen LogP contribution is -2.41. The molecule has 0 aliphatic carbocycles. The molecule has 1 aliphatic rings. The van der Waals surface area contributed by atoms with Crippen LogP contribution in [0.2, 0.25) is 0 Å². The number of ether oxygens (including phenoxy) is 1. The summed E-state index contributed by atoms with van der Waals surface area (Å²) in [5, 5.41) is 2.85. The molecule has 4 rings (SSSR count). The van der Waals surface area contributed by atoms with Crippen molar-refractivity contribution in [2.75, 3.05) is 6.54 Å². The van der Waals surface area contributed by atoms with Crippen molar-refractivity contribution in [2.24, 2.45) is 5.92 Å². The van der Waals surface area contributed by atoms with E-state index in [1.54, 1.807) is 18.2 Å². The number of carbonyl (C=O) groups is 2. The van der Waals surface area contributed by atoms with Crippen molar-refractivity contribution in [3.8, 4) is 5.75 Å². The van der Waals surface area contributed by atoms with Crippen LogP contribution in [0, 0.1) is 17.6 Å². The highest BCUT2D eigenvalue weighted by molar-refractivity contribution is 5.81. The number of fused-ring (bicyclic) bond motifs is 1. The lowest BCUT2D eigenvalue weighted by molar-refractivity contribution is -0.134. The Labute approximate surface area is 222 Å². The Morgan fingerprint density at radius 3 is 2.47 bits per heavy atom. The SMILES string of the molecule is CC[C@@H](Oc1ccc2c(c1)[C@@H](c1cccc(F)c1)N(C(=O)CC(C)C)CC2)C(=O)NCc1ccc(F)cc1. The number of hydrogen-bond acceptors (Lipinski definition) is 3. The fourth-order valence-electron chi connectivity index (χ4n) is 4.83. The molecule has 0 bridgehead atoms. The minimum absolute atomic E-state index is 0.0258. The van der Waals surface area contributed by atoms with E-state index in [1.807, 2.05) is 49.9 Å². The molecule has 0 spiro atoms. The second kappa shape index (κ2) is 12.2. The first kappa shape index (κ1) is 27.3. The molecule has 0 fully saturated rings. The molecule has 38 heavy (non-hydrogen) atoms. The van der Waals surface area contributed by atoms with Gasteiger partial charge in [-0.2, -0.15) is 0 Å². The molecule has 7 heteroatoms. The Kier molecular flexibility index (Phi) is 8.77. The molecule has 0 unspecified atom stereocenters. The van der Waals surface area contributed by atoms with E-state index < -0.39 is 12.1 Å². The zero-order valence-electron chi connectivity index (χ0n) is 22.0. The van der Waals surface area contributed by atoms with Gasteiger partial charge in [0.25, 0.3) is 5.91 Å². The molecule has 3 aromatic rings. The number of carbonyl (C=O) groups excluding carboxylic acids is 2. The third kappa shape index (κ3) is 6.57. The van der Waals surface area contributed by atoms with Crippen LogP contribution in [0.1, 0.15) is 61.9 Å². The van der Waals surface area contributed by atoms with E-state index in [-0.39, 0.29) is 35.9 Å². The van der Waals surface area contributed by atoms with Crippen molar-refractivity contribution >= 4 is 11.8 Å². The first-order valence-electron chi connectivity index (χ1n) is 13.1. The van der Waals surface area contributed by atoms with Crippen LogP contribution in [0.25, 0.3) is 0 Å². The van der Waals surface area contributed by atoms with Crippen molar-refractivity contribution < 1.29 is 23.1 Å². The van der Waals surface area contributed by atoms with Gasteiger partial charge in [0, 0.05) is 19.5 Å². The number of benzene rings is 3. The van der Waals surface area contributed by atoms with Crippen LogP contribution in [0.3, 0.4) is 0 Å². The zero-order chi connectivity index (χ0) is 27.2. The van der Waals surface area contributed by atoms with E-state index in [9.17, 15) is 18.4 Å². The van der Waals surface area contributed by atoms with Crippen molar-refractivity contribution in [3.63, 3.8) is 0 Å². The van der Waals surface area contributed by atoms with E-state index >= 15 is 0 Å². The molecule has 2 atom stereocenters. The van der Waals surface area contributed by atoms with Gasteiger partial charge in [-0.15, -0.1) is 0 Å². The molecular formula is C31H34F2N2O3. The molecule has 1 heterocycles. The van der Waals surface area contributed by atoms with Gasteiger partial charge in [0.15, 0.2) is 6.10 Å². The van der Waals surface area contributed by atoms with Gasteiger partial charge in [-0.25, -0.2) is 8.78 Å². The number of nitrogens with one attached hydrogen (secondary N) is 1. The summed E-state index contributed by atoms with van der Waals surface area (Å²) in [5.74, 6) is -0.231.